The van der Waals surface area contributed by atoms with Gasteiger partial charge in [-0.1, -0.05) is 12.1 Å². The maximum atomic E-state index is 14.6. The molecule has 0 aliphatic carbocycles. The number of piperidine rings is 1. The van der Waals surface area contributed by atoms with Gasteiger partial charge in [-0.05, 0) is 73.0 Å². The minimum atomic E-state index is -0.434. The second-order valence-corrected chi connectivity index (χ2v) is 8.23. The van der Waals surface area contributed by atoms with Crippen LogP contribution in [0.15, 0.2) is 66.7 Å². The van der Waals surface area contributed by atoms with Crippen molar-refractivity contribution in [1.82, 2.24) is 5.32 Å². The molecule has 8 heteroatoms. The summed E-state index contributed by atoms with van der Waals surface area (Å²) in [6.45, 7) is 1.34. The molecule has 2 amide bonds. The number of aliphatic hydroxyl groups excluding tert-OH is 1. The Hall–Kier alpha value is -3.78. The molecule has 3 aromatic carbocycles. The number of rotatable bonds is 6. The SMILES string of the molecule is O=C(NCc1ccc(N2CCC(O)CC2)c(F)c1)c1cccc(NC(=O)c2ccc(F)cc2)c1. The minimum Gasteiger partial charge on any atom is -0.393 e. The molecule has 1 saturated heterocycles. The lowest BCUT2D eigenvalue weighted by atomic mass is 10.1. The molecular weight excluding hydrogens is 440 g/mol. The van der Waals surface area contributed by atoms with Crippen molar-refractivity contribution in [1.29, 1.82) is 0 Å². The van der Waals surface area contributed by atoms with E-state index in [0.29, 0.717) is 54.0 Å². The fourth-order valence-electron chi connectivity index (χ4n) is 3.85. The van der Waals surface area contributed by atoms with Crippen molar-refractivity contribution in [3.05, 3.63) is 95.1 Å². The Morgan fingerprint density at radius 1 is 0.912 bits per heavy atom. The summed E-state index contributed by atoms with van der Waals surface area (Å²) in [5.74, 6) is -1.59. The number of carbonyl (C=O) groups is 2. The van der Waals surface area contributed by atoms with Gasteiger partial charge in [0.25, 0.3) is 11.8 Å². The molecule has 0 atom stereocenters. The maximum absolute atomic E-state index is 14.6. The van der Waals surface area contributed by atoms with Crippen molar-refractivity contribution in [2.24, 2.45) is 0 Å². The molecule has 1 aliphatic rings. The Balaban J connectivity index is 1.35. The van der Waals surface area contributed by atoms with Gasteiger partial charge in [-0.3, -0.25) is 9.59 Å². The number of benzene rings is 3. The summed E-state index contributed by atoms with van der Waals surface area (Å²) in [7, 11) is 0. The predicted molar refractivity (Wildman–Crippen MR) is 126 cm³/mol. The number of halogens is 2. The van der Waals surface area contributed by atoms with Crippen LogP contribution in [0.3, 0.4) is 0 Å². The minimum absolute atomic E-state index is 0.140. The third kappa shape index (κ3) is 5.77. The van der Waals surface area contributed by atoms with Crippen molar-refractivity contribution in [3.63, 3.8) is 0 Å². The molecular formula is C26H25F2N3O3. The zero-order chi connectivity index (χ0) is 24.1. The molecule has 0 aromatic heterocycles. The standard InChI is InChI=1S/C26H25F2N3O3/c27-20-7-5-18(6-8-20)26(34)30-21-3-1-2-19(15-21)25(33)29-16-17-4-9-24(23(28)14-17)31-12-10-22(32)11-13-31/h1-9,14-15,22,32H,10-13,16H2,(H,29,33)(H,30,34). The number of aliphatic hydroxyl groups is 1. The number of carbonyl (C=O) groups excluding carboxylic acids is 2. The van der Waals surface area contributed by atoms with Crippen molar-refractivity contribution in [2.45, 2.75) is 25.5 Å². The average Bonchev–Trinajstić information content (AvgIpc) is 2.84. The summed E-state index contributed by atoms with van der Waals surface area (Å²) in [5, 5.41) is 15.1. The van der Waals surface area contributed by atoms with E-state index >= 15 is 0 Å². The largest absolute Gasteiger partial charge is 0.393 e. The molecule has 176 valence electrons. The van der Waals surface area contributed by atoms with Crippen LogP contribution in [-0.2, 0) is 6.54 Å². The summed E-state index contributed by atoms with van der Waals surface area (Å²) in [6, 6.07) is 16.4. The fraction of sp³-hybridized carbons (Fsp3) is 0.231. The van der Waals surface area contributed by atoms with Crippen LogP contribution in [0.4, 0.5) is 20.2 Å². The van der Waals surface area contributed by atoms with Crippen LogP contribution in [0.5, 0.6) is 0 Å². The Labute approximate surface area is 196 Å². The molecule has 0 spiro atoms. The van der Waals surface area contributed by atoms with E-state index in [4.69, 9.17) is 0 Å². The first-order valence-electron chi connectivity index (χ1n) is 11.1. The summed E-state index contributed by atoms with van der Waals surface area (Å²) < 4.78 is 27.7. The lowest BCUT2D eigenvalue weighted by Gasteiger charge is -2.31. The van der Waals surface area contributed by atoms with Crippen molar-refractivity contribution in [2.75, 3.05) is 23.3 Å². The maximum Gasteiger partial charge on any atom is 0.255 e. The van der Waals surface area contributed by atoms with Crippen molar-refractivity contribution < 1.29 is 23.5 Å². The smallest absolute Gasteiger partial charge is 0.255 e. The van der Waals surface area contributed by atoms with Crippen LogP contribution in [0.2, 0.25) is 0 Å². The third-order valence-electron chi connectivity index (χ3n) is 5.76. The first-order valence-corrected chi connectivity index (χ1v) is 11.1. The first-order chi connectivity index (χ1) is 16.4. The predicted octanol–water partition coefficient (Wildman–Crippen LogP) is 4.11. The van der Waals surface area contributed by atoms with E-state index in [0.717, 1.165) is 0 Å². The van der Waals surface area contributed by atoms with Crippen LogP contribution in [0.1, 0.15) is 39.1 Å². The molecule has 0 saturated carbocycles. The molecule has 6 nitrogen and oxygen atoms in total. The Kier molecular flexibility index (Phi) is 7.18. The van der Waals surface area contributed by atoms with Gasteiger partial charge in [-0.15, -0.1) is 0 Å². The van der Waals surface area contributed by atoms with E-state index in [2.05, 4.69) is 10.6 Å². The molecule has 1 aliphatic heterocycles. The van der Waals surface area contributed by atoms with Crippen LogP contribution < -0.4 is 15.5 Å². The molecule has 3 N–H and O–H groups in total. The lowest BCUT2D eigenvalue weighted by molar-refractivity contribution is 0.0949. The van der Waals surface area contributed by atoms with Gasteiger partial charge in [0.1, 0.15) is 11.6 Å². The van der Waals surface area contributed by atoms with Crippen LogP contribution in [0, 0.1) is 11.6 Å². The van der Waals surface area contributed by atoms with Crippen LogP contribution >= 0.6 is 0 Å². The Morgan fingerprint density at radius 2 is 1.65 bits per heavy atom. The summed E-state index contributed by atoms with van der Waals surface area (Å²) in [6.07, 6.45) is 0.893. The van der Waals surface area contributed by atoms with Gasteiger partial charge in [-0.25, -0.2) is 8.78 Å². The molecule has 0 radical (unpaired) electrons. The quantitative estimate of drug-likeness (QED) is 0.512. The number of anilines is 2. The topological polar surface area (TPSA) is 81.7 Å². The molecule has 0 unspecified atom stereocenters. The van der Waals surface area contributed by atoms with E-state index in [1.807, 2.05) is 4.90 Å². The highest BCUT2D eigenvalue weighted by Crippen LogP contribution is 2.24. The second kappa shape index (κ2) is 10.4. The summed E-state index contributed by atoms with van der Waals surface area (Å²) >= 11 is 0. The van der Waals surface area contributed by atoms with Gasteiger partial charge >= 0.3 is 0 Å². The van der Waals surface area contributed by atoms with Gasteiger partial charge in [0.2, 0.25) is 0 Å². The number of hydrogen-bond donors (Lipinski definition) is 3. The zero-order valence-electron chi connectivity index (χ0n) is 18.4. The normalized spacial score (nSPS) is 14.0. The highest BCUT2D eigenvalue weighted by atomic mass is 19.1. The molecule has 34 heavy (non-hydrogen) atoms. The molecule has 4 rings (SSSR count). The number of amides is 2. The fourth-order valence-corrected chi connectivity index (χ4v) is 3.85. The Bertz CT molecular complexity index is 1180. The summed E-state index contributed by atoms with van der Waals surface area (Å²) in [5.41, 5.74) is 2.16. The molecule has 3 aromatic rings. The van der Waals surface area contributed by atoms with Crippen LogP contribution in [0.25, 0.3) is 0 Å². The lowest BCUT2D eigenvalue weighted by Crippen LogP contribution is -2.36. The number of nitrogens with one attached hydrogen (secondary N) is 2. The van der Waals surface area contributed by atoms with Gasteiger partial charge in [0.05, 0.1) is 11.8 Å². The van der Waals surface area contributed by atoms with E-state index in [9.17, 15) is 23.5 Å². The molecule has 0 bridgehead atoms. The van der Waals surface area contributed by atoms with E-state index < -0.39 is 11.7 Å². The van der Waals surface area contributed by atoms with E-state index in [-0.39, 0.29) is 24.4 Å². The van der Waals surface area contributed by atoms with E-state index in [1.165, 1.54) is 36.4 Å². The molecule has 1 heterocycles. The van der Waals surface area contributed by atoms with Crippen molar-refractivity contribution in [3.8, 4) is 0 Å². The van der Waals surface area contributed by atoms with Crippen molar-refractivity contribution >= 4 is 23.2 Å². The van der Waals surface area contributed by atoms with Gasteiger partial charge in [-0.2, -0.15) is 0 Å². The van der Waals surface area contributed by atoms with Crippen LogP contribution in [-0.4, -0.2) is 36.1 Å². The summed E-state index contributed by atoms with van der Waals surface area (Å²) in [4.78, 5) is 26.8. The van der Waals surface area contributed by atoms with Gasteiger partial charge in [0.15, 0.2) is 0 Å². The number of hydrogen-bond acceptors (Lipinski definition) is 4. The zero-order valence-corrected chi connectivity index (χ0v) is 18.4. The highest BCUT2D eigenvalue weighted by molar-refractivity contribution is 6.05. The number of nitrogens with zero attached hydrogens (tertiary/aromatic N) is 1. The van der Waals surface area contributed by atoms with Gasteiger partial charge in [0, 0.05) is 36.4 Å². The first kappa shape index (κ1) is 23.4. The monoisotopic (exact) mass is 465 g/mol. The highest BCUT2D eigenvalue weighted by Gasteiger charge is 2.20. The van der Waals surface area contributed by atoms with Gasteiger partial charge < -0.3 is 20.6 Å². The van der Waals surface area contributed by atoms with E-state index in [1.54, 1.807) is 30.3 Å². The molecule has 1 fully saturated rings. The Morgan fingerprint density at radius 3 is 2.35 bits per heavy atom. The third-order valence-corrected chi connectivity index (χ3v) is 5.76. The second-order valence-electron chi connectivity index (χ2n) is 8.23. The average molecular weight is 466 g/mol.